The molecule has 4 unspecified atom stereocenters. The van der Waals surface area contributed by atoms with E-state index < -0.39 is 0 Å². The number of hydrogen-bond donors (Lipinski definition) is 1. The van der Waals surface area contributed by atoms with Crippen LogP contribution in [0.25, 0.3) is 0 Å². The van der Waals surface area contributed by atoms with Gasteiger partial charge in [-0.05, 0) is 49.0 Å². The molecule has 1 heterocycles. The molecular formula is C10H17N. The highest BCUT2D eigenvalue weighted by Gasteiger charge is 2.56. The Balaban J connectivity index is 2.00. The summed E-state index contributed by atoms with van der Waals surface area (Å²) in [7, 11) is 0. The predicted molar refractivity (Wildman–Crippen MR) is 45.3 cm³/mol. The minimum atomic E-state index is 0.711. The lowest BCUT2D eigenvalue weighted by molar-refractivity contribution is 0.156. The molecule has 1 aliphatic heterocycles. The van der Waals surface area contributed by atoms with Gasteiger partial charge in [-0.1, -0.05) is 6.92 Å². The molecule has 11 heavy (non-hydrogen) atoms. The van der Waals surface area contributed by atoms with Gasteiger partial charge in [0.25, 0.3) is 0 Å². The normalized spacial score (nSPS) is 60.3. The number of nitrogens with one attached hydrogen (secondary N) is 1. The fourth-order valence-corrected chi connectivity index (χ4v) is 3.99. The lowest BCUT2D eigenvalue weighted by Crippen LogP contribution is -2.32. The van der Waals surface area contributed by atoms with Crippen LogP contribution in [0.1, 0.15) is 26.2 Å². The Morgan fingerprint density at radius 3 is 3.09 bits per heavy atom. The lowest BCUT2D eigenvalue weighted by atomic mass is 9.70. The Hall–Kier alpha value is -0.0400. The highest BCUT2D eigenvalue weighted by atomic mass is 15.0. The van der Waals surface area contributed by atoms with Crippen molar-refractivity contribution < 1.29 is 0 Å². The fraction of sp³-hybridized carbons (Fsp3) is 1.00. The van der Waals surface area contributed by atoms with Crippen LogP contribution < -0.4 is 5.32 Å². The molecule has 4 atom stereocenters. The minimum Gasteiger partial charge on any atom is -0.316 e. The zero-order valence-corrected chi connectivity index (χ0v) is 7.27. The quantitative estimate of drug-likeness (QED) is 0.555. The maximum Gasteiger partial charge on any atom is 0.00112 e. The van der Waals surface area contributed by atoms with Crippen LogP contribution >= 0.6 is 0 Å². The average molecular weight is 151 g/mol. The maximum atomic E-state index is 3.57. The second-order valence-electron chi connectivity index (χ2n) is 5.01. The molecule has 0 aromatic carbocycles. The number of rotatable bonds is 0. The van der Waals surface area contributed by atoms with Gasteiger partial charge in [0.1, 0.15) is 0 Å². The highest BCUT2D eigenvalue weighted by molar-refractivity contribution is 5.08. The summed E-state index contributed by atoms with van der Waals surface area (Å²) in [5.41, 5.74) is 0.711. The molecule has 0 radical (unpaired) electrons. The summed E-state index contributed by atoms with van der Waals surface area (Å²) in [6.45, 7) is 5.14. The summed E-state index contributed by atoms with van der Waals surface area (Å²) in [6.07, 6.45) is 4.62. The van der Waals surface area contributed by atoms with E-state index in [4.69, 9.17) is 0 Å². The van der Waals surface area contributed by atoms with E-state index in [9.17, 15) is 0 Å². The summed E-state index contributed by atoms with van der Waals surface area (Å²) in [6, 6.07) is 0. The van der Waals surface area contributed by atoms with Crippen LogP contribution in [0.5, 0.6) is 0 Å². The fourth-order valence-electron chi connectivity index (χ4n) is 3.99. The SMILES string of the molecule is CC12CNCC1C1CCC2C1. The van der Waals surface area contributed by atoms with Crippen LogP contribution in [0.4, 0.5) is 0 Å². The molecule has 2 aliphatic carbocycles. The smallest absolute Gasteiger partial charge is 0.00112 e. The molecule has 0 aromatic heterocycles. The van der Waals surface area contributed by atoms with Gasteiger partial charge in [0.05, 0.1) is 0 Å². The van der Waals surface area contributed by atoms with E-state index in [2.05, 4.69) is 12.2 Å². The molecule has 2 bridgehead atoms. The van der Waals surface area contributed by atoms with Crippen LogP contribution in [0.3, 0.4) is 0 Å². The van der Waals surface area contributed by atoms with Gasteiger partial charge in [-0.25, -0.2) is 0 Å². The van der Waals surface area contributed by atoms with Gasteiger partial charge in [-0.3, -0.25) is 0 Å². The van der Waals surface area contributed by atoms with Crippen LogP contribution in [0, 0.1) is 23.2 Å². The Labute approximate surface area is 68.6 Å². The minimum absolute atomic E-state index is 0.711. The molecular weight excluding hydrogens is 134 g/mol. The van der Waals surface area contributed by atoms with Crippen molar-refractivity contribution in [3.63, 3.8) is 0 Å². The summed E-state index contributed by atoms with van der Waals surface area (Å²) in [5.74, 6) is 3.22. The molecule has 0 aromatic rings. The van der Waals surface area contributed by atoms with Crippen LogP contribution in [-0.2, 0) is 0 Å². The first kappa shape index (κ1) is 6.47. The molecule has 0 amide bonds. The van der Waals surface area contributed by atoms with E-state index in [1.807, 2.05) is 0 Å². The molecule has 3 rings (SSSR count). The van der Waals surface area contributed by atoms with Gasteiger partial charge < -0.3 is 5.32 Å². The zero-order valence-electron chi connectivity index (χ0n) is 7.27. The van der Waals surface area contributed by atoms with E-state index >= 15 is 0 Å². The number of fused-ring (bicyclic) bond motifs is 5. The van der Waals surface area contributed by atoms with Crippen LogP contribution in [-0.4, -0.2) is 13.1 Å². The van der Waals surface area contributed by atoms with Crippen molar-refractivity contribution in [2.24, 2.45) is 23.2 Å². The van der Waals surface area contributed by atoms with Crippen molar-refractivity contribution in [2.45, 2.75) is 26.2 Å². The van der Waals surface area contributed by atoms with Gasteiger partial charge >= 0.3 is 0 Å². The molecule has 0 spiro atoms. The Morgan fingerprint density at radius 2 is 2.27 bits per heavy atom. The standard InChI is InChI=1S/C10H17N/c1-10-6-11-5-9(10)7-2-3-8(10)4-7/h7-9,11H,2-6H2,1H3. The van der Waals surface area contributed by atoms with Crippen molar-refractivity contribution in [3.05, 3.63) is 0 Å². The molecule has 62 valence electrons. The third kappa shape index (κ3) is 0.618. The van der Waals surface area contributed by atoms with Gasteiger partial charge in [-0.2, -0.15) is 0 Å². The van der Waals surface area contributed by atoms with Crippen LogP contribution in [0.2, 0.25) is 0 Å². The summed E-state index contributed by atoms with van der Waals surface area (Å²) in [5, 5.41) is 3.57. The number of hydrogen-bond acceptors (Lipinski definition) is 1. The van der Waals surface area contributed by atoms with E-state index in [0.29, 0.717) is 5.41 Å². The third-order valence-electron chi connectivity index (χ3n) is 4.69. The largest absolute Gasteiger partial charge is 0.316 e. The summed E-state index contributed by atoms with van der Waals surface area (Å²) < 4.78 is 0. The van der Waals surface area contributed by atoms with Gasteiger partial charge in [0.15, 0.2) is 0 Å². The molecule has 1 saturated heterocycles. The maximum absolute atomic E-state index is 3.57. The molecule has 1 N–H and O–H groups in total. The molecule has 1 heteroatoms. The molecule has 1 nitrogen and oxygen atoms in total. The summed E-state index contributed by atoms with van der Waals surface area (Å²) >= 11 is 0. The van der Waals surface area contributed by atoms with Gasteiger partial charge in [0.2, 0.25) is 0 Å². The zero-order chi connectivity index (χ0) is 7.47. The van der Waals surface area contributed by atoms with Crippen molar-refractivity contribution in [2.75, 3.05) is 13.1 Å². The third-order valence-corrected chi connectivity index (χ3v) is 4.69. The van der Waals surface area contributed by atoms with Crippen molar-refractivity contribution in [3.8, 4) is 0 Å². The monoisotopic (exact) mass is 151 g/mol. The van der Waals surface area contributed by atoms with E-state index in [1.165, 1.54) is 25.9 Å². The summed E-state index contributed by atoms with van der Waals surface area (Å²) in [4.78, 5) is 0. The Kier molecular flexibility index (Phi) is 1.07. The van der Waals surface area contributed by atoms with Crippen molar-refractivity contribution in [1.29, 1.82) is 0 Å². The molecule has 3 aliphatic rings. The van der Waals surface area contributed by atoms with Gasteiger partial charge in [-0.15, -0.1) is 0 Å². The van der Waals surface area contributed by atoms with E-state index in [0.717, 1.165) is 17.8 Å². The van der Waals surface area contributed by atoms with E-state index in [1.54, 1.807) is 6.42 Å². The topological polar surface area (TPSA) is 12.0 Å². The van der Waals surface area contributed by atoms with Crippen molar-refractivity contribution in [1.82, 2.24) is 5.32 Å². The predicted octanol–water partition coefficient (Wildman–Crippen LogP) is 1.64. The first-order valence-electron chi connectivity index (χ1n) is 5.01. The highest BCUT2D eigenvalue weighted by Crippen LogP contribution is 2.60. The Morgan fingerprint density at radius 1 is 1.36 bits per heavy atom. The first-order valence-corrected chi connectivity index (χ1v) is 5.01. The second-order valence-corrected chi connectivity index (χ2v) is 5.01. The average Bonchev–Trinajstić information content (AvgIpc) is 2.54. The first-order chi connectivity index (χ1) is 5.31. The Bertz CT molecular complexity index is 189. The molecule has 2 saturated carbocycles. The van der Waals surface area contributed by atoms with E-state index in [-0.39, 0.29) is 0 Å². The second kappa shape index (κ2) is 1.82. The molecule has 3 fully saturated rings. The van der Waals surface area contributed by atoms with Crippen molar-refractivity contribution >= 4 is 0 Å². The van der Waals surface area contributed by atoms with Crippen LogP contribution in [0.15, 0.2) is 0 Å². The van der Waals surface area contributed by atoms with Gasteiger partial charge in [0, 0.05) is 6.54 Å². The lowest BCUT2D eigenvalue weighted by Gasteiger charge is -2.34.